The third-order valence-corrected chi connectivity index (χ3v) is 2.93. The van der Waals surface area contributed by atoms with E-state index in [1.807, 2.05) is 6.07 Å². The monoisotopic (exact) mass is 287 g/mol. The largest absolute Gasteiger partial charge is 0.496 e. The molecule has 6 heteroatoms. The van der Waals surface area contributed by atoms with Crippen molar-refractivity contribution in [3.05, 3.63) is 47.7 Å². The fourth-order valence-electron chi connectivity index (χ4n) is 1.82. The number of nitrogen functional groups attached to an aromatic ring is 1. The lowest BCUT2D eigenvalue weighted by molar-refractivity contribution is 0.0948. The van der Waals surface area contributed by atoms with Crippen LogP contribution in [0.1, 0.15) is 15.9 Å². The molecule has 0 aliphatic rings. The number of ether oxygens (including phenoxy) is 2. The number of rotatable bonds is 5. The maximum Gasteiger partial charge on any atom is 0.255 e. The Balaban J connectivity index is 2.05. The van der Waals surface area contributed by atoms with Gasteiger partial charge < -0.3 is 20.5 Å². The number of carbonyl (C=O) groups excluding carboxylic acids is 1. The van der Waals surface area contributed by atoms with Crippen LogP contribution in [0.4, 0.5) is 5.69 Å². The van der Waals surface area contributed by atoms with Crippen LogP contribution in [0.2, 0.25) is 0 Å². The quantitative estimate of drug-likeness (QED) is 0.816. The van der Waals surface area contributed by atoms with Gasteiger partial charge in [-0.2, -0.15) is 0 Å². The van der Waals surface area contributed by atoms with Crippen molar-refractivity contribution >= 4 is 11.6 Å². The summed E-state index contributed by atoms with van der Waals surface area (Å²) in [5, 5.41) is 2.80. The van der Waals surface area contributed by atoms with E-state index in [4.69, 9.17) is 15.2 Å². The summed E-state index contributed by atoms with van der Waals surface area (Å²) in [4.78, 5) is 16.3. The predicted octanol–water partition coefficient (Wildman–Crippen LogP) is 1.61. The Bertz CT molecular complexity index is 627. The van der Waals surface area contributed by atoms with E-state index in [0.717, 1.165) is 5.56 Å². The number of hydrogen-bond acceptors (Lipinski definition) is 5. The van der Waals surface area contributed by atoms with E-state index in [9.17, 15) is 4.79 Å². The molecule has 6 nitrogen and oxygen atoms in total. The van der Waals surface area contributed by atoms with E-state index in [1.165, 1.54) is 7.11 Å². The van der Waals surface area contributed by atoms with Crippen molar-refractivity contribution in [3.63, 3.8) is 0 Å². The van der Waals surface area contributed by atoms with E-state index in [-0.39, 0.29) is 5.91 Å². The van der Waals surface area contributed by atoms with E-state index in [2.05, 4.69) is 10.3 Å². The summed E-state index contributed by atoms with van der Waals surface area (Å²) in [6.45, 7) is 0.355. The van der Waals surface area contributed by atoms with Gasteiger partial charge in [0.05, 0.1) is 19.8 Å². The van der Waals surface area contributed by atoms with Crippen LogP contribution in [0.5, 0.6) is 11.6 Å². The highest BCUT2D eigenvalue weighted by molar-refractivity contribution is 5.97. The summed E-state index contributed by atoms with van der Waals surface area (Å²) in [6.07, 6.45) is 1.65. The highest BCUT2D eigenvalue weighted by Crippen LogP contribution is 2.21. The van der Waals surface area contributed by atoms with Crippen molar-refractivity contribution < 1.29 is 14.3 Å². The number of nitrogens with zero attached hydrogens (tertiary/aromatic N) is 1. The van der Waals surface area contributed by atoms with Gasteiger partial charge in [-0.1, -0.05) is 6.07 Å². The maximum atomic E-state index is 12.2. The van der Waals surface area contributed by atoms with Crippen LogP contribution >= 0.6 is 0 Å². The van der Waals surface area contributed by atoms with Gasteiger partial charge in [0.25, 0.3) is 5.91 Å². The van der Waals surface area contributed by atoms with Gasteiger partial charge in [-0.05, 0) is 23.8 Å². The molecule has 0 spiro atoms. The summed E-state index contributed by atoms with van der Waals surface area (Å²) in [7, 11) is 3.06. The molecule has 0 saturated heterocycles. The topological polar surface area (TPSA) is 86.5 Å². The van der Waals surface area contributed by atoms with Gasteiger partial charge in [-0.25, -0.2) is 4.98 Å². The fraction of sp³-hybridized carbons (Fsp3) is 0.200. The van der Waals surface area contributed by atoms with Crippen molar-refractivity contribution in [1.82, 2.24) is 10.3 Å². The normalized spacial score (nSPS) is 10.0. The summed E-state index contributed by atoms with van der Waals surface area (Å²) < 4.78 is 10.1. The van der Waals surface area contributed by atoms with Crippen LogP contribution in [0.25, 0.3) is 0 Å². The zero-order valence-electron chi connectivity index (χ0n) is 11.9. The molecule has 0 bridgehead atoms. The van der Waals surface area contributed by atoms with Gasteiger partial charge >= 0.3 is 0 Å². The zero-order chi connectivity index (χ0) is 15.2. The number of pyridine rings is 1. The highest BCUT2D eigenvalue weighted by atomic mass is 16.5. The van der Waals surface area contributed by atoms with Crippen molar-refractivity contribution in [1.29, 1.82) is 0 Å². The van der Waals surface area contributed by atoms with Crippen LogP contribution in [-0.2, 0) is 6.54 Å². The van der Waals surface area contributed by atoms with Crippen LogP contribution < -0.4 is 20.5 Å². The minimum atomic E-state index is -0.255. The summed E-state index contributed by atoms with van der Waals surface area (Å²) in [5.41, 5.74) is 7.48. The number of hydrogen-bond donors (Lipinski definition) is 2. The third kappa shape index (κ3) is 3.62. The minimum absolute atomic E-state index is 0.255. The lowest BCUT2D eigenvalue weighted by atomic mass is 10.1. The molecule has 1 amide bonds. The van der Waals surface area contributed by atoms with Crippen molar-refractivity contribution in [2.75, 3.05) is 20.0 Å². The first-order valence-corrected chi connectivity index (χ1v) is 6.34. The number of aromatic nitrogens is 1. The molecule has 2 aromatic rings. The summed E-state index contributed by atoms with van der Waals surface area (Å²) >= 11 is 0. The average molecular weight is 287 g/mol. The number of amides is 1. The van der Waals surface area contributed by atoms with Gasteiger partial charge in [0.15, 0.2) is 0 Å². The first-order chi connectivity index (χ1) is 10.1. The van der Waals surface area contributed by atoms with Gasteiger partial charge in [-0.3, -0.25) is 4.79 Å². The Morgan fingerprint density at radius 2 is 2.05 bits per heavy atom. The Kier molecular flexibility index (Phi) is 4.61. The molecule has 110 valence electrons. The molecule has 1 aromatic carbocycles. The van der Waals surface area contributed by atoms with Crippen LogP contribution in [-0.4, -0.2) is 25.1 Å². The molecule has 0 unspecified atom stereocenters. The lowest BCUT2D eigenvalue weighted by Crippen LogP contribution is -2.23. The molecule has 0 aliphatic carbocycles. The second-order valence-electron chi connectivity index (χ2n) is 4.35. The highest BCUT2D eigenvalue weighted by Gasteiger charge is 2.12. The van der Waals surface area contributed by atoms with Gasteiger partial charge in [-0.15, -0.1) is 0 Å². The van der Waals surface area contributed by atoms with Gasteiger partial charge in [0.1, 0.15) is 5.75 Å². The molecule has 1 aromatic heterocycles. The first-order valence-electron chi connectivity index (χ1n) is 6.34. The van der Waals surface area contributed by atoms with E-state index >= 15 is 0 Å². The molecule has 0 radical (unpaired) electrons. The number of anilines is 1. The number of nitrogens with one attached hydrogen (secondary N) is 1. The molecular weight excluding hydrogens is 270 g/mol. The number of benzene rings is 1. The molecule has 0 saturated carbocycles. The number of nitrogens with two attached hydrogens (primary N) is 1. The summed E-state index contributed by atoms with van der Waals surface area (Å²) in [6, 6.07) is 8.51. The Hall–Kier alpha value is -2.76. The number of methoxy groups -OCH3 is 2. The zero-order valence-corrected chi connectivity index (χ0v) is 11.9. The lowest BCUT2D eigenvalue weighted by Gasteiger charge is -2.10. The van der Waals surface area contributed by atoms with Crippen molar-refractivity contribution in [3.8, 4) is 11.6 Å². The molecule has 0 fully saturated rings. The fourth-order valence-corrected chi connectivity index (χ4v) is 1.82. The number of carbonyl (C=O) groups is 1. The van der Waals surface area contributed by atoms with E-state index in [1.54, 1.807) is 37.6 Å². The van der Waals surface area contributed by atoms with Crippen molar-refractivity contribution in [2.45, 2.75) is 6.54 Å². The molecule has 0 atom stereocenters. The molecule has 2 rings (SSSR count). The minimum Gasteiger partial charge on any atom is -0.496 e. The second-order valence-corrected chi connectivity index (χ2v) is 4.35. The van der Waals surface area contributed by atoms with Crippen LogP contribution in [0, 0.1) is 0 Å². The SMILES string of the molecule is COc1ccc(CNC(=O)c2cc(N)ccc2OC)cn1. The van der Waals surface area contributed by atoms with Gasteiger partial charge in [0.2, 0.25) is 5.88 Å². The molecule has 21 heavy (non-hydrogen) atoms. The molecule has 0 aliphatic heterocycles. The smallest absolute Gasteiger partial charge is 0.255 e. The van der Waals surface area contributed by atoms with Crippen LogP contribution in [0.3, 0.4) is 0 Å². The standard InChI is InChI=1S/C15H17N3O3/c1-20-13-5-4-11(16)7-12(13)15(19)18-9-10-3-6-14(21-2)17-8-10/h3-8H,9,16H2,1-2H3,(H,18,19). The average Bonchev–Trinajstić information content (AvgIpc) is 2.53. The maximum absolute atomic E-state index is 12.2. The summed E-state index contributed by atoms with van der Waals surface area (Å²) in [5.74, 6) is 0.757. The molecular formula is C15H17N3O3. The molecule has 3 N–H and O–H groups in total. The van der Waals surface area contributed by atoms with E-state index in [0.29, 0.717) is 29.4 Å². The third-order valence-electron chi connectivity index (χ3n) is 2.93. The van der Waals surface area contributed by atoms with Crippen LogP contribution in [0.15, 0.2) is 36.5 Å². The first kappa shape index (κ1) is 14.6. The van der Waals surface area contributed by atoms with Gasteiger partial charge in [0, 0.05) is 24.5 Å². The van der Waals surface area contributed by atoms with Crippen molar-refractivity contribution in [2.24, 2.45) is 0 Å². The Morgan fingerprint density at radius 3 is 2.67 bits per heavy atom. The Labute approximate surface area is 122 Å². The molecule has 1 heterocycles. The Morgan fingerprint density at radius 1 is 1.24 bits per heavy atom. The second kappa shape index (κ2) is 6.60. The predicted molar refractivity (Wildman–Crippen MR) is 79.4 cm³/mol. The van der Waals surface area contributed by atoms with E-state index < -0.39 is 0 Å².